The van der Waals surface area contributed by atoms with Gasteiger partial charge in [-0.15, -0.1) is 0 Å². The van der Waals surface area contributed by atoms with Gasteiger partial charge in [0.05, 0.1) is 5.69 Å². The van der Waals surface area contributed by atoms with Crippen LogP contribution >= 0.6 is 0 Å². The monoisotopic (exact) mass is 814 g/mol. The quantitative estimate of drug-likeness (QED) is 0.156. The van der Waals surface area contributed by atoms with Crippen molar-refractivity contribution in [2.75, 3.05) is 9.80 Å². The SMILES string of the molecule is c1ccc(-c2cc(-c3ccccc3)cc(-c3ccc4oc5cc(-c6ccccc6N6c7ccccc7B7c8ccccc8N(c8ccccc8)c8cccc6c87)ccc5c4c3)c2)cc1. The average Bonchev–Trinajstić information content (AvgIpc) is 3.74. The summed E-state index contributed by atoms with van der Waals surface area (Å²) in [5.74, 6) is 0. The van der Waals surface area contributed by atoms with Crippen molar-refractivity contribution in [2.45, 2.75) is 0 Å². The first kappa shape index (κ1) is 36.3. The lowest BCUT2D eigenvalue weighted by molar-refractivity contribution is 0.669. The fraction of sp³-hybridized carbons (Fsp3) is 0. The number of fused-ring (bicyclic) bond motifs is 7. The Morgan fingerprint density at radius 3 is 1.48 bits per heavy atom. The minimum absolute atomic E-state index is 0.0875. The molecule has 0 fully saturated rings. The molecule has 2 aliphatic rings. The molecule has 11 aromatic rings. The first-order valence-electron chi connectivity index (χ1n) is 22.0. The molecule has 13 rings (SSSR count). The van der Waals surface area contributed by atoms with E-state index in [0.717, 1.165) is 50.0 Å². The van der Waals surface area contributed by atoms with Gasteiger partial charge in [-0.2, -0.15) is 0 Å². The largest absolute Gasteiger partial charge is 0.456 e. The molecular formula is C60H39BN2O. The van der Waals surface area contributed by atoms with Gasteiger partial charge >= 0.3 is 0 Å². The third-order valence-corrected chi connectivity index (χ3v) is 13.2. The van der Waals surface area contributed by atoms with Crippen LogP contribution in [0.3, 0.4) is 0 Å². The Morgan fingerprint density at radius 2 is 0.812 bits per heavy atom. The molecule has 0 N–H and O–H groups in total. The standard InChI is InChI=1S/C60H39BN2O/c1-4-17-40(18-5-1)44-35-45(41-19-6-2-7-20-41)37-46(36-44)42-32-34-58-50(38-42)49-33-31-43(39-59(49)64-58)48-23-10-13-26-53(48)63-55-28-15-12-25-52(55)61-51-24-11-14-27-54(51)62(47-21-8-3-9-22-47)56-29-16-30-57(63)60(56)61/h1-39H. The van der Waals surface area contributed by atoms with Crippen molar-refractivity contribution in [3.05, 3.63) is 237 Å². The van der Waals surface area contributed by atoms with E-state index < -0.39 is 0 Å². The minimum atomic E-state index is 0.0875. The van der Waals surface area contributed by atoms with Gasteiger partial charge in [-0.1, -0.05) is 152 Å². The van der Waals surface area contributed by atoms with Gasteiger partial charge in [0.1, 0.15) is 11.2 Å². The van der Waals surface area contributed by atoms with E-state index in [1.54, 1.807) is 0 Å². The van der Waals surface area contributed by atoms with Gasteiger partial charge in [0.15, 0.2) is 0 Å². The summed E-state index contributed by atoms with van der Waals surface area (Å²) >= 11 is 0. The predicted molar refractivity (Wildman–Crippen MR) is 269 cm³/mol. The van der Waals surface area contributed by atoms with Crippen LogP contribution in [0.2, 0.25) is 0 Å². The van der Waals surface area contributed by atoms with Crippen molar-refractivity contribution in [2.24, 2.45) is 0 Å². The molecule has 0 atom stereocenters. The molecule has 64 heavy (non-hydrogen) atoms. The molecular weight excluding hydrogens is 775 g/mol. The fourth-order valence-electron chi connectivity index (χ4n) is 10.4. The molecule has 4 heteroatoms. The van der Waals surface area contributed by atoms with E-state index in [4.69, 9.17) is 4.42 Å². The highest BCUT2D eigenvalue weighted by Gasteiger charge is 2.43. The average molecular weight is 815 g/mol. The summed E-state index contributed by atoms with van der Waals surface area (Å²) in [7, 11) is 0. The molecule has 3 heterocycles. The van der Waals surface area contributed by atoms with E-state index in [-0.39, 0.29) is 6.71 Å². The second-order valence-corrected chi connectivity index (χ2v) is 16.8. The summed E-state index contributed by atoms with van der Waals surface area (Å²) in [5, 5.41) is 2.21. The molecule has 1 aromatic heterocycles. The van der Waals surface area contributed by atoms with E-state index >= 15 is 0 Å². The lowest BCUT2D eigenvalue weighted by Crippen LogP contribution is -2.61. The highest BCUT2D eigenvalue weighted by Crippen LogP contribution is 2.47. The van der Waals surface area contributed by atoms with Crippen molar-refractivity contribution in [3.63, 3.8) is 0 Å². The van der Waals surface area contributed by atoms with Gasteiger partial charge in [-0.05, 0) is 140 Å². The first-order chi connectivity index (χ1) is 31.7. The molecule has 0 saturated heterocycles. The molecule has 3 nitrogen and oxygen atoms in total. The molecule has 0 spiro atoms. The summed E-state index contributed by atoms with van der Waals surface area (Å²) in [6, 6.07) is 85.8. The minimum Gasteiger partial charge on any atom is -0.456 e. The van der Waals surface area contributed by atoms with Crippen LogP contribution in [0, 0.1) is 0 Å². The Bertz CT molecular complexity index is 3520. The number of hydrogen-bond donors (Lipinski definition) is 0. The normalized spacial score (nSPS) is 12.6. The van der Waals surface area contributed by atoms with E-state index in [2.05, 4.69) is 246 Å². The van der Waals surface area contributed by atoms with Crippen LogP contribution in [-0.4, -0.2) is 6.71 Å². The van der Waals surface area contributed by atoms with Gasteiger partial charge in [-0.25, -0.2) is 0 Å². The number of para-hydroxylation sites is 4. The summed E-state index contributed by atoms with van der Waals surface area (Å²) in [4.78, 5) is 4.92. The Labute approximate surface area is 372 Å². The maximum absolute atomic E-state index is 6.71. The number of hydrogen-bond acceptors (Lipinski definition) is 3. The maximum atomic E-state index is 6.71. The molecule has 10 aromatic carbocycles. The van der Waals surface area contributed by atoms with E-state index in [1.165, 1.54) is 67.0 Å². The molecule has 0 saturated carbocycles. The number of rotatable bonds is 6. The third kappa shape index (κ3) is 5.77. The zero-order chi connectivity index (χ0) is 42.1. The summed E-state index contributed by atoms with van der Waals surface area (Å²) in [6.07, 6.45) is 0. The van der Waals surface area contributed by atoms with Crippen molar-refractivity contribution in [3.8, 4) is 44.5 Å². The predicted octanol–water partition coefficient (Wildman–Crippen LogP) is 14.3. The second-order valence-electron chi connectivity index (χ2n) is 16.8. The lowest BCUT2D eigenvalue weighted by atomic mass is 9.33. The van der Waals surface area contributed by atoms with Crippen molar-refractivity contribution < 1.29 is 4.42 Å². The Morgan fingerprint density at radius 1 is 0.297 bits per heavy atom. The second kappa shape index (κ2) is 14.6. The topological polar surface area (TPSA) is 19.6 Å². The molecule has 2 aliphatic heterocycles. The first-order valence-corrected chi connectivity index (χ1v) is 22.0. The van der Waals surface area contributed by atoms with Gasteiger partial charge in [0.25, 0.3) is 6.71 Å². The summed E-state index contributed by atoms with van der Waals surface area (Å²) in [6.45, 7) is 0.0875. The summed E-state index contributed by atoms with van der Waals surface area (Å²) in [5.41, 5.74) is 22.1. The smallest absolute Gasteiger partial charge is 0.252 e. The Hall–Kier alpha value is -8.34. The van der Waals surface area contributed by atoms with Gasteiger partial charge in [-0.3, -0.25) is 0 Å². The highest BCUT2D eigenvalue weighted by atomic mass is 16.3. The van der Waals surface area contributed by atoms with Crippen LogP contribution in [0.4, 0.5) is 34.1 Å². The molecule has 0 radical (unpaired) electrons. The molecule has 0 unspecified atom stereocenters. The van der Waals surface area contributed by atoms with Crippen LogP contribution in [0.5, 0.6) is 0 Å². The highest BCUT2D eigenvalue weighted by molar-refractivity contribution is 7.00. The summed E-state index contributed by atoms with van der Waals surface area (Å²) < 4.78 is 6.71. The fourth-order valence-corrected chi connectivity index (χ4v) is 10.4. The van der Waals surface area contributed by atoms with E-state index in [1.807, 2.05) is 0 Å². The van der Waals surface area contributed by atoms with Crippen LogP contribution in [0.15, 0.2) is 241 Å². The number of nitrogens with zero attached hydrogens (tertiary/aromatic N) is 2. The van der Waals surface area contributed by atoms with Crippen molar-refractivity contribution in [1.29, 1.82) is 0 Å². The third-order valence-electron chi connectivity index (χ3n) is 13.2. The number of furan rings is 1. The molecule has 0 amide bonds. The Kier molecular flexibility index (Phi) is 8.32. The maximum Gasteiger partial charge on any atom is 0.252 e. The van der Waals surface area contributed by atoms with Gasteiger partial charge in [0, 0.05) is 44.8 Å². The zero-order valence-electron chi connectivity index (χ0n) is 34.9. The molecule has 0 aliphatic carbocycles. The van der Waals surface area contributed by atoms with Crippen LogP contribution in [0.25, 0.3) is 66.4 Å². The van der Waals surface area contributed by atoms with Crippen LogP contribution in [-0.2, 0) is 0 Å². The van der Waals surface area contributed by atoms with E-state index in [9.17, 15) is 0 Å². The number of anilines is 6. The van der Waals surface area contributed by atoms with Crippen LogP contribution in [0.1, 0.15) is 0 Å². The van der Waals surface area contributed by atoms with Crippen molar-refractivity contribution in [1.82, 2.24) is 0 Å². The molecule has 0 bridgehead atoms. The Balaban J connectivity index is 0.937. The number of benzene rings is 10. The van der Waals surface area contributed by atoms with Gasteiger partial charge < -0.3 is 14.2 Å². The molecule has 298 valence electrons. The van der Waals surface area contributed by atoms with Crippen LogP contribution < -0.4 is 26.2 Å². The zero-order valence-corrected chi connectivity index (χ0v) is 34.9. The van der Waals surface area contributed by atoms with Gasteiger partial charge in [0.2, 0.25) is 0 Å². The lowest BCUT2D eigenvalue weighted by Gasteiger charge is -2.44. The van der Waals surface area contributed by atoms with Crippen molar-refractivity contribution >= 4 is 79.2 Å². The van der Waals surface area contributed by atoms with E-state index in [0.29, 0.717) is 0 Å².